The number of piperazine rings is 1. The van der Waals surface area contributed by atoms with Crippen molar-refractivity contribution in [2.75, 3.05) is 30.9 Å². The monoisotopic (exact) mass is 356 g/mol. The quantitative estimate of drug-likeness (QED) is 0.775. The molecule has 1 aliphatic rings. The van der Waals surface area contributed by atoms with E-state index in [1.54, 1.807) is 0 Å². The van der Waals surface area contributed by atoms with Crippen molar-refractivity contribution >= 4 is 38.5 Å². The van der Waals surface area contributed by atoms with E-state index in [0.29, 0.717) is 11.3 Å². The maximum absolute atomic E-state index is 12.5. The van der Waals surface area contributed by atoms with Gasteiger partial charge >= 0.3 is 6.09 Å². The number of carbonyl (C=O) groups excluding carboxylic acids is 1. The summed E-state index contributed by atoms with van der Waals surface area (Å²) in [7, 11) is 0. The molecule has 1 aromatic rings. The van der Waals surface area contributed by atoms with Crippen LogP contribution in [0.5, 0.6) is 0 Å². The first-order valence-corrected chi connectivity index (χ1v) is 6.86. The van der Waals surface area contributed by atoms with Gasteiger partial charge in [0.25, 0.3) is 0 Å². The number of thiazole rings is 1. The summed E-state index contributed by atoms with van der Waals surface area (Å²) in [5, 5.41) is -0.455. The van der Waals surface area contributed by atoms with Crippen LogP contribution in [0.15, 0.2) is 9.96 Å². The Morgan fingerprint density at radius 3 is 2.63 bits per heavy atom. The highest BCUT2D eigenvalue weighted by molar-refractivity contribution is 9.11. The summed E-state index contributed by atoms with van der Waals surface area (Å²) < 4.78 is 78.5. The van der Waals surface area contributed by atoms with E-state index in [4.69, 9.17) is 17.1 Å². The molecule has 0 aromatic carbocycles. The van der Waals surface area contributed by atoms with Gasteiger partial charge in [-0.25, -0.2) is 9.78 Å². The van der Waals surface area contributed by atoms with Crippen molar-refractivity contribution in [3.05, 3.63) is 9.96 Å². The van der Waals surface area contributed by atoms with Crippen LogP contribution in [0.3, 0.4) is 0 Å². The lowest BCUT2D eigenvalue weighted by atomic mass is 10.2. The van der Waals surface area contributed by atoms with Gasteiger partial charge in [0.2, 0.25) is 0 Å². The topological polar surface area (TPSA) is 45.7 Å². The van der Waals surface area contributed by atoms with Gasteiger partial charge in [-0.3, -0.25) is 0 Å². The van der Waals surface area contributed by atoms with Crippen molar-refractivity contribution in [1.82, 2.24) is 9.88 Å². The number of aromatic nitrogens is 1. The summed E-state index contributed by atoms with van der Waals surface area (Å²) in [6.07, 6.45) is -1.89. The summed E-state index contributed by atoms with van der Waals surface area (Å²) in [6, 6.07) is 0. The van der Waals surface area contributed by atoms with E-state index in [0.717, 1.165) is 0 Å². The van der Waals surface area contributed by atoms with E-state index < -0.39 is 42.8 Å². The number of halogens is 1. The van der Waals surface area contributed by atoms with Gasteiger partial charge in [-0.2, -0.15) is 0 Å². The van der Waals surface area contributed by atoms with Gasteiger partial charge in [-0.1, -0.05) is 11.3 Å². The molecule has 7 heteroatoms. The van der Waals surface area contributed by atoms with E-state index in [9.17, 15) is 4.79 Å². The minimum absolute atomic E-state index is 0.129. The van der Waals surface area contributed by atoms with Crippen molar-refractivity contribution in [3.8, 4) is 0 Å². The van der Waals surface area contributed by atoms with Crippen molar-refractivity contribution in [1.29, 1.82) is 0 Å². The average Bonchev–Trinajstić information content (AvgIpc) is 2.72. The molecule has 0 bridgehead atoms. The number of hydrogen-bond acceptors (Lipinski definition) is 5. The van der Waals surface area contributed by atoms with E-state index >= 15 is 0 Å². The van der Waals surface area contributed by atoms with Crippen LogP contribution in [-0.4, -0.2) is 47.6 Å². The largest absolute Gasteiger partial charge is 0.444 e. The molecular formula is C12H18BrN3O2S. The maximum Gasteiger partial charge on any atom is 0.410 e. The van der Waals surface area contributed by atoms with Crippen LogP contribution in [-0.2, 0) is 4.74 Å². The Hall–Kier alpha value is -0.820. The minimum atomic E-state index is -3.36. The Balaban J connectivity index is 2.70. The van der Waals surface area contributed by atoms with Crippen molar-refractivity contribution in [2.45, 2.75) is 26.4 Å². The van der Waals surface area contributed by atoms with Gasteiger partial charge in [0.05, 0.1) is 22.3 Å². The van der Waals surface area contributed by atoms with Gasteiger partial charge in [0, 0.05) is 26.0 Å². The standard InChI is InChI=1S/C12H18BrN3O2S/c1-12(2,3)18-11(17)16-6-4-15(5-7-16)10-14-8-9(13)19-10/h8H,4-7H2,1-3H3/i4D2,5D2,6D2,7D2,8D. The molecule has 0 aliphatic carbocycles. The first-order valence-electron chi connectivity index (χ1n) is 9.75. The fourth-order valence-corrected chi connectivity index (χ4v) is 2.11. The van der Waals surface area contributed by atoms with E-state index in [-0.39, 0.29) is 19.8 Å². The number of carbonyl (C=O) groups is 1. The molecule has 5 nitrogen and oxygen atoms in total. The van der Waals surface area contributed by atoms with Crippen molar-refractivity contribution in [2.24, 2.45) is 0 Å². The highest BCUT2D eigenvalue weighted by atomic mass is 79.9. The molecule has 0 saturated carbocycles. The third kappa shape index (κ3) is 4.07. The predicted octanol–water partition coefficient (Wildman–Crippen LogP) is 2.96. The second kappa shape index (κ2) is 5.66. The molecule has 0 atom stereocenters. The molecule has 0 N–H and O–H groups in total. The van der Waals surface area contributed by atoms with Gasteiger partial charge in [0.1, 0.15) is 5.60 Å². The zero-order valence-electron chi connectivity index (χ0n) is 19.4. The number of rotatable bonds is 1. The lowest BCUT2D eigenvalue weighted by molar-refractivity contribution is 0.0240. The lowest BCUT2D eigenvalue weighted by Crippen LogP contribution is -2.50. The van der Waals surface area contributed by atoms with Crippen LogP contribution >= 0.6 is 27.3 Å². The number of hydrogen-bond donors (Lipinski definition) is 0. The third-order valence-electron chi connectivity index (χ3n) is 1.73. The second-order valence-electron chi connectivity index (χ2n) is 4.48. The summed E-state index contributed by atoms with van der Waals surface area (Å²) in [5.41, 5.74) is -1.15. The first kappa shape index (κ1) is 6.76. The zero-order chi connectivity index (χ0) is 22.1. The van der Waals surface area contributed by atoms with Gasteiger partial charge in [-0.05, 0) is 36.7 Å². The van der Waals surface area contributed by atoms with Gasteiger partial charge in [-0.15, -0.1) is 0 Å². The highest BCUT2D eigenvalue weighted by Crippen LogP contribution is 2.27. The maximum atomic E-state index is 12.5. The fraction of sp³-hybridized carbons (Fsp3) is 0.667. The number of ether oxygens (including phenoxy) is 1. The summed E-state index contributed by atoms with van der Waals surface area (Å²) in [6.45, 7) is -8.86. The molecule has 1 saturated heterocycles. The second-order valence-corrected chi connectivity index (χ2v) is 6.78. The molecule has 106 valence electrons. The number of amides is 1. The van der Waals surface area contributed by atoms with Crippen molar-refractivity contribution in [3.63, 3.8) is 0 Å². The summed E-state index contributed by atoms with van der Waals surface area (Å²) in [5.74, 6) is 0. The van der Waals surface area contributed by atoms with Crippen LogP contribution < -0.4 is 4.90 Å². The Labute approximate surface area is 138 Å². The smallest absolute Gasteiger partial charge is 0.410 e. The molecule has 19 heavy (non-hydrogen) atoms. The highest BCUT2D eigenvalue weighted by Gasteiger charge is 2.26. The molecule has 1 amide bonds. The lowest BCUT2D eigenvalue weighted by Gasteiger charge is -2.35. The molecule has 0 radical (unpaired) electrons. The Kier molecular flexibility index (Phi) is 2.01. The third-order valence-corrected chi connectivity index (χ3v) is 3.12. The van der Waals surface area contributed by atoms with E-state index in [1.165, 1.54) is 20.8 Å². The van der Waals surface area contributed by atoms with Crippen molar-refractivity contribution < 1.29 is 21.9 Å². The van der Waals surface area contributed by atoms with Crippen LogP contribution in [0.4, 0.5) is 9.93 Å². The average molecular weight is 357 g/mol. The molecule has 2 rings (SSSR count). The van der Waals surface area contributed by atoms with Crippen LogP contribution in [0.1, 0.15) is 33.1 Å². The van der Waals surface area contributed by atoms with Crippen LogP contribution in [0.25, 0.3) is 0 Å². The summed E-state index contributed by atoms with van der Waals surface area (Å²) >= 11 is 3.65. The summed E-state index contributed by atoms with van der Waals surface area (Å²) in [4.78, 5) is 16.2. The van der Waals surface area contributed by atoms with E-state index in [1.807, 2.05) is 0 Å². The molecule has 1 aliphatic heterocycles. The molecule has 0 spiro atoms. The number of nitrogens with zero attached hydrogens (tertiary/aromatic N) is 3. The molecule has 1 fully saturated rings. The Morgan fingerprint density at radius 2 is 2.16 bits per heavy atom. The first-order chi connectivity index (χ1) is 12.3. The predicted molar refractivity (Wildman–Crippen MR) is 79.8 cm³/mol. The SMILES string of the molecule is [2H]c1nc(N2C([2H])([2H])C([2H])([2H])N(C(=O)OC(C)(C)C)C([2H])([2H])C2([2H])[2H])sc1Br. The molecular weight excluding hydrogens is 330 g/mol. The fourth-order valence-electron chi connectivity index (χ4n) is 1.06. The Bertz CT molecular complexity index is 748. The van der Waals surface area contributed by atoms with Crippen LogP contribution in [0, 0.1) is 0 Å². The minimum Gasteiger partial charge on any atom is -0.444 e. The molecule has 1 aromatic heterocycles. The number of anilines is 1. The van der Waals surface area contributed by atoms with Gasteiger partial charge < -0.3 is 14.5 Å². The Morgan fingerprint density at radius 1 is 1.53 bits per heavy atom. The normalized spacial score (nSPS) is 34.2. The van der Waals surface area contributed by atoms with Crippen LogP contribution in [0.2, 0.25) is 0 Å². The molecule has 0 unspecified atom stereocenters. The zero-order valence-corrected chi connectivity index (χ0v) is 12.8. The van der Waals surface area contributed by atoms with E-state index in [2.05, 4.69) is 20.9 Å². The van der Waals surface area contributed by atoms with Gasteiger partial charge in [0.15, 0.2) is 5.13 Å². The molecule has 2 heterocycles.